The Balaban J connectivity index is 1.72. The molecule has 22 heavy (non-hydrogen) atoms. The zero-order valence-electron chi connectivity index (χ0n) is 12.7. The van der Waals surface area contributed by atoms with Gasteiger partial charge in [-0.05, 0) is 31.0 Å². The Morgan fingerprint density at radius 3 is 2.91 bits per heavy atom. The Morgan fingerprint density at radius 2 is 2.18 bits per heavy atom. The maximum Gasteiger partial charge on any atom is 0.272 e. The van der Waals surface area contributed by atoms with Crippen LogP contribution in [0.15, 0.2) is 42.6 Å². The number of carbonyl (C=O) groups excluding carboxylic acids is 1. The van der Waals surface area contributed by atoms with Gasteiger partial charge in [0.2, 0.25) is 0 Å². The number of hydrogen-bond donors (Lipinski definition) is 2. The molecule has 1 heterocycles. The molecular weight excluding hydrogens is 278 g/mol. The summed E-state index contributed by atoms with van der Waals surface area (Å²) >= 11 is 0. The predicted molar refractivity (Wildman–Crippen MR) is 83.9 cm³/mol. The molecule has 1 fully saturated rings. The number of para-hydroxylation sites is 1. The number of carbonyl (C=O) groups is 1. The van der Waals surface area contributed by atoms with Crippen LogP contribution in [-0.2, 0) is 0 Å². The minimum atomic E-state index is -0.225. The largest absolute Gasteiger partial charge is 0.396 e. The highest BCUT2D eigenvalue weighted by molar-refractivity contribution is 5.92. The first kappa shape index (κ1) is 14.8. The monoisotopic (exact) mass is 299 g/mol. The van der Waals surface area contributed by atoms with Crippen LogP contribution in [0, 0.1) is 5.41 Å². The van der Waals surface area contributed by atoms with Crippen molar-refractivity contribution in [3.63, 3.8) is 0 Å². The van der Waals surface area contributed by atoms with Crippen LogP contribution in [0.25, 0.3) is 5.69 Å². The van der Waals surface area contributed by atoms with E-state index in [4.69, 9.17) is 0 Å². The van der Waals surface area contributed by atoms with Gasteiger partial charge in [-0.3, -0.25) is 4.79 Å². The molecule has 2 aromatic rings. The third kappa shape index (κ3) is 2.76. The quantitative estimate of drug-likeness (QED) is 0.909. The fraction of sp³-hybridized carbons (Fsp3) is 0.412. The molecule has 1 saturated carbocycles. The normalized spacial score (nSPS) is 24.4. The Bertz CT molecular complexity index is 653. The van der Waals surface area contributed by atoms with Gasteiger partial charge in [0.15, 0.2) is 5.69 Å². The lowest BCUT2D eigenvalue weighted by atomic mass is 9.86. The van der Waals surface area contributed by atoms with Crippen LogP contribution in [0.2, 0.25) is 0 Å². The minimum Gasteiger partial charge on any atom is -0.396 e. The summed E-state index contributed by atoms with van der Waals surface area (Å²) in [6.45, 7) is 2.11. The van der Waals surface area contributed by atoms with Gasteiger partial charge in [0.1, 0.15) is 0 Å². The molecule has 116 valence electrons. The number of benzene rings is 1. The van der Waals surface area contributed by atoms with Gasteiger partial charge in [0, 0.05) is 17.7 Å². The molecule has 1 amide bonds. The molecule has 2 N–H and O–H groups in total. The van der Waals surface area contributed by atoms with Crippen LogP contribution in [0.4, 0.5) is 0 Å². The van der Waals surface area contributed by atoms with Gasteiger partial charge in [-0.25, -0.2) is 4.68 Å². The van der Waals surface area contributed by atoms with Crippen molar-refractivity contribution >= 4 is 5.91 Å². The van der Waals surface area contributed by atoms with Gasteiger partial charge in [-0.2, -0.15) is 5.10 Å². The van der Waals surface area contributed by atoms with Gasteiger partial charge in [0.05, 0.1) is 12.3 Å². The van der Waals surface area contributed by atoms with E-state index in [1.54, 1.807) is 16.9 Å². The maximum atomic E-state index is 12.4. The molecule has 1 aliphatic carbocycles. The molecule has 0 saturated heterocycles. The van der Waals surface area contributed by atoms with E-state index in [0.717, 1.165) is 24.9 Å². The second-order valence-corrected chi connectivity index (χ2v) is 6.21. The topological polar surface area (TPSA) is 67.2 Å². The van der Waals surface area contributed by atoms with Crippen LogP contribution in [-0.4, -0.2) is 33.4 Å². The molecule has 1 aliphatic rings. The standard InChI is InChI=1S/C17H21N3O2/c1-17(12-21)10-5-8-15(17)18-16(22)14-9-11-20(19-14)13-6-3-2-4-7-13/h2-4,6-7,9,11,15,21H,5,8,10,12H2,1H3,(H,18,22). The van der Waals surface area contributed by atoms with Gasteiger partial charge in [-0.1, -0.05) is 31.5 Å². The van der Waals surface area contributed by atoms with Crippen molar-refractivity contribution in [1.29, 1.82) is 0 Å². The fourth-order valence-corrected chi connectivity index (χ4v) is 3.07. The number of nitrogens with one attached hydrogen (secondary N) is 1. The number of aliphatic hydroxyl groups is 1. The number of rotatable bonds is 4. The van der Waals surface area contributed by atoms with Crippen molar-refractivity contribution in [1.82, 2.24) is 15.1 Å². The third-order valence-corrected chi connectivity index (χ3v) is 4.59. The zero-order valence-corrected chi connectivity index (χ0v) is 12.7. The molecule has 0 spiro atoms. The van der Waals surface area contributed by atoms with Crippen molar-refractivity contribution < 1.29 is 9.90 Å². The SMILES string of the molecule is CC1(CO)CCCC1NC(=O)c1ccn(-c2ccccc2)n1. The number of amides is 1. The molecule has 1 aromatic heterocycles. The predicted octanol–water partition coefficient (Wildman–Crippen LogP) is 2.15. The first-order valence-electron chi connectivity index (χ1n) is 7.65. The molecule has 0 radical (unpaired) electrons. The van der Waals surface area contributed by atoms with Crippen LogP contribution in [0.3, 0.4) is 0 Å². The highest BCUT2D eigenvalue weighted by Crippen LogP contribution is 2.37. The van der Waals surface area contributed by atoms with E-state index in [9.17, 15) is 9.90 Å². The summed E-state index contributed by atoms with van der Waals surface area (Å²) in [5.74, 6) is -0.179. The van der Waals surface area contributed by atoms with Gasteiger partial charge < -0.3 is 10.4 Å². The molecule has 2 unspecified atom stereocenters. The van der Waals surface area contributed by atoms with E-state index in [0.29, 0.717) is 5.69 Å². The van der Waals surface area contributed by atoms with Crippen molar-refractivity contribution in [2.24, 2.45) is 5.41 Å². The summed E-state index contributed by atoms with van der Waals surface area (Å²) in [4.78, 5) is 12.4. The van der Waals surface area contributed by atoms with Crippen LogP contribution < -0.4 is 5.32 Å². The average molecular weight is 299 g/mol. The van der Waals surface area contributed by atoms with Crippen molar-refractivity contribution in [2.45, 2.75) is 32.2 Å². The zero-order chi connectivity index (χ0) is 15.6. The van der Waals surface area contributed by atoms with Crippen molar-refractivity contribution in [3.8, 4) is 5.69 Å². The lowest BCUT2D eigenvalue weighted by Gasteiger charge is -2.29. The summed E-state index contributed by atoms with van der Waals surface area (Å²) in [6, 6.07) is 11.4. The molecule has 1 aromatic carbocycles. The Kier molecular flexibility index (Phi) is 3.98. The van der Waals surface area contributed by atoms with E-state index >= 15 is 0 Å². The Hall–Kier alpha value is -2.14. The molecule has 0 bridgehead atoms. The van der Waals surface area contributed by atoms with Crippen LogP contribution >= 0.6 is 0 Å². The van der Waals surface area contributed by atoms with E-state index in [1.807, 2.05) is 37.3 Å². The van der Waals surface area contributed by atoms with Crippen LogP contribution in [0.1, 0.15) is 36.7 Å². The molecular formula is C17H21N3O2. The van der Waals surface area contributed by atoms with Gasteiger partial charge in [0.25, 0.3) is 5.91 Å². The summed E-state index contributed by atoms with van der Waals surface area (Å²) in [7, 11) is 0. The summed E-state index contributed by atoms with van der Waals surface area (Å²) < 4.78 is 1.69. The highest BCUT2D eigenvalue weighted by atomic mass is 16.3. The molecule has 0 aliphatic heterocycles. The molecule has 2 atom stereocenters. The highest BCUT2D eigenvalue weighted by Gasteiger charge is 2.39. The van der Waals surface area contributed by atoms with E-state index in [2.05, 4.69) is 10.4 Å². The Labute approximate surface area is 130 Å². The van der Waals surface area contributed by atoms with E-state index in [1.165, 1.54) is 0 Å². The van der Waals surface area contributed by atoms with Crippen LogP contribution in [0.5, 0.6) is 0 Å². The molecule has 5 heteroatoms. The van der Waals surface area contributed by atoms with Gasteiger partial charge >= 0.3 is 0 Å². The van der Waals surface area contributed by atoms with Crippen molar-refractivity contribution in [3.05, 3.63) is 48.3 Å². The molecule has 5 nitrogen and oxygen atoms in total. The lowest BCUT2D eigenvalue weighted by Crippen LogP contribution is -2.44. The first-order chi connectivity index (χ1) is 10.6. The maximum absolute atomic E-state index is 12.4. The second kappa shape index (κ2) is 5.93. The number of aromatic nitrogens is 2. The first-order valence-corrected chi connectivity index (χ1v) is 7.65. The average Bonchev–Trinajstić information content (AvgIpc) is 3.17. The lowest BCUT2D eigenvalue weighted by molar-refractivity contribution is 0.0825. The van der Waals surface area contributed by atoms with Crippen molar-refractivity contribution in [2.75, 3.05) is 6.61 Å². The number of hydrogen-bond acceptors (Lipinski definition) is 3. The van der Waals surface area contributed by atoms with Gasteiger partial charge in [-0.15, -0.1) is 0 Å². The second-order valence-electron chi connectivity index (χ2n) is 6.21. The van der Waals surface area contributed by atoms with E-state index < -0.39 is 0 Å². The van der Waals surface area contributed by atoms with E-state index in [-0.39, 0.29) is 24.0 Å². The fourth-order valence-electron chi connectivity index (χ4n) is 3.07. The Morgan fingerprint density at radius 1 is 1.41 bits per heavy atom. The smallest absolute Gasteiger partial charge is 0.272 e. The summed E-state index contributed by atoms with van der Waals surface area (Å²) in [6.07, 6.45) is 4.65. The summed E-state index contributed by atoms with van der Waals surface area (Å²) in [5.41, 5.74) is 1.09. The number of aliphatic hydroxyl groups excluding tert-OH is 1. The molecule has 3 rings (SSSR count). The third-order valence-electron chi connectivity index (χ3n) is 4.59. The number of nitrogens with zero attached hydrogens (tertiary/aromatic N) is 2. The minimum absolute atomic E-state index is 0.00637. The summed E-state index contributed by atoms with van der Waals surface area (Å²) in [5, 5.41) is 16.9.